The number of rotatable bonds is 11. The minimum atomic E-state index is -0.879. The molecule has 0 aliphatic carbocycles. The molecule has 0 aromatic heterocycles. The monoisotopic (exact) mass is 656 g/mol. The number of barbiturate groups is 1. The van der Waals surface area contributed by atoms with Crippen LogP contribution in [-0.2, 0) is 16.2 Å². The van der Waals surface area contributed by atoms with Crippen molar-refractivity contribution in [1.82, 2.24) is 5.32 Å². The highest BCUT2D eigenvalue weighted by atomic mass is 127. The number of nitrogens with zero attached hydrogens (tertiary/aromatic N) is 1. The van der Waals surface area contributed by atoms with Gasteiger partial charge in [-0.05, 0) is 84.8 Å². The summed E-state index contributed by atoms with van der Waals surface area (Å²) >= 11 is 2.13. The van der Waals surface area contributed by atoms with Crippen LogP contribution in [0.25, 0.3) is 6.08 Å². The van der Waals surface area contributed by atoms with Crippen molar-refractivity contribution in [2.75, 3.05) is 24.7 Å². The van der Waals surface area contributed by atoms with E-state index >= 15 is 0 Å². The van der Waals surface area contributed by atoms with Gasteiger partial charge in [-0.25, -0.2) is 9.69 Å². The van der Waals surface area contributed by atoms with Gasteiger partial charge in [-0.3, -0.25) is 14.9 Å². The van der Waals surface area contributed by atoms with Crippen LogP contribution >= 0.6 is 22.6 Å². The highest BCUT2D eigenvalue weighted by Gasteiger charge is 2.38. The number of nitrogens with one attached hydrogen (secondary N) is 1. The molecular formula is C30H29IN2O7. The average molecular weight is 656 g/mol. The quantitative estimate of drug-likeness (QED) is 0.160. The highest BCUT2D eigenvalue weighted by molar-refractivity contribution is 14.1. The first-order valence-corrected chi connectivity index (χ1v) is 13.9. The van der Waals surface area contributed by atoms with Crippen molar-refractivity contribution >= 4 is 52.2 Å². The molecule has 1 fully saturated rings. The first-order valence-electron chi connectivity index (χ1n) is 12.8. The molecule has 3 aromatic rings. The van der Waals surface area contributed by atoms with E-state index in [0.717, 1.165) is 14.0 Å². The van der Waals surface area contributed by atoms with Gasteiger partial charge in [-0.2, -0.15) is 0 Å². The Morgan fingerprint density at radius 2 is 1.52 bits per heavy atom. The molecule has 0 spiro atoms. The number of hydrogen-bond donors (Lipinski definition) is 1. The molecule has 1 aliphatic heterocycles. The van der Waals surface area contributed by atoms with Gasteiger partial charge in [-0.15, -0.1) is 0 Å². The number of hydrogen-bond acceptors (Lipinski definition) is 7. The number of imide groups is 2. The lowest BCUT2D eigenvalue weighted by Crippen LogP contribution is -2.54. The van der Waals surface area contributed by atoms with E-state index < -0.39 is 17.8 Å². The lowest BCUT2D eigenvalue weighted by molar-refractivity contribution is -0.122. The van der Waals surface area contributed by atoms with Gasteiger partial charge in [0.15, 0.2) is 11.5 Å². The number of amides is 4. The molecule has 9 nitrogen and oxygen atoms in total. The number of benzene rings is 3. The molecule has 1 saturated heterocycles. The van der Waals surface area contributed by atoms with Crippen LogP contribution in [0.4, 0.5) is 10.5 Å². The summed E-state index contributed by atoms with van der Waals surface area (Å²) in [5.41, 5.74) is 1.48. The second kappa shape index (κ2) is 13.3. The Morgan fingerprint density at radius 3 is 2.23 bits per heavy atom. The minimum absolute atomic E-state index is 0.169. The molecule has 0 bridgehead atoms. The SMILES string of the molecule is CCOc1ccc(OCC)c(N2C(=O)NC(=O)/C(=C\c3cc(I)c(OCc4ccccc4)c(OCC)c3)C2=O)c1. The Bertz CT molecular complexity index is 1440. The second-order valence-electron chi connectivity index (χ2n) is 8.49. The number of carbonyl (C=O) groups excluding carboxylic acids is 3. The predicted molar refractivity (Wildman–Crippen MR) is 159 cm³/mol. The van der Waals surface area contributed by atoms with Crippen molar-refractivity contribution in [3.63, 3.8) is 0 Å². The number of carbonyl (C=O) groups is 3. The number of ether oxygens (including phenoxy) is 4. The smallest absolute Gasteiger partial charge is 0.336 e. The molecule has 1 aliphatic rings. The molecule has 208 valence electrons. The summed E-state index contributed by atoms with van der Waals surface area (Å²) in [5, 5.41) is 2.26. The van der Waals surface area contributed by atoms with Crippen molar-refractivity contribution in [3.8, 4) is 23.0 Å². The maximum atomic E-state index is 13.6. The van der Waals surface area contributed by atoms with Crippen LogP contribution in [0.15, 0.2) is 66.2 Å². The van der Waals surface area contributed by atoms with Crippen LogP contribution in [0.2, 0.25) is 0 Å². The molecule has 1 N–H and O–H groups in total. The fourth-order valence-electron chi connectivity index (χ4n) is 4.05. The van der Waals surface area contributed by atoms with E-state index in [9.17, 15) is 14.4 Å². The Morgan fingerprint density at radius 1 is 0.825 bits per heavy atom. The Labute approximate surface area is 246 Å². The van der Waals surface area contributed by atoms with E-state index in [4.69, 9.17) is 18.9 Å². The molecule has 10 heteroatoms. The number of anilines is 1. The topological polar surface area (TPSA) is 103 Å². The van der Waals surface area contributed by atoms with Gasteiger partial charge in [0.2, 0.25) is 0 Å². The molecule has 1 heterocycles. The van der Waals surface area contributed by atoms with Gasteiger partial charge in [-0.1, -0.05) is 30.3 Å². The molecule has 4 amide bonds. The van der Waals surface area contributed by atoms with E-state index in [1.807, 2.05) is 44.2 Å². The summed E-state index contributed by atoms with van der Waals surface area (Å²) in [6.07, 6.45) is 1.43. The maximum Gasteiger partial charge on any atom is 0.336 e. The van der Waals surface area contributed by atoms with E-state index in [1.165, 1.54) is 12.1 Å². The van der Waals surface area contributed by atoms with E-state index in [1.54, 1.807) is 31.2 Å². The van der Waals surface area contributed by atoms with Crippen LogP contribution in [0.1, 0.15) is 31.9 Å². The third-order valence-electron chi connectivity index (χ3n) is 5.75. The summed E-state index contributed by atoms with van der Waals surface area (Å²) in [6, 6.07) is 17.2. The average Bonchev–Trinajstić information content (AvgIpc) is 2.93. The highest BCUT2D eigenvalue weighted by Crippen LogP contribution is 2.37. The second-order valence-corrected chi connectivity index (χ2v) is 9.65. The Balaban J connectivity index is 1.70. The lowest BCUT2D eigenvalue weighted by atomic mass is 10.1. The zero-order chi connectivity index (χ0) is 28.6. The van der Waals surface area contributed by atoms with Crippen LogP contribution in [-0.4, -0.2) is 37.7 Å². The Hall–Kier alpha value is -4.06. The molecule has 4 rings (SSSR count). The van der Waals surface area contributed by atoms with Gasteiger partial charge in [0.05, 0.1) is 29.1 Å². The van der Waals surface area contributed by atoms with Crippen LogP contribution < -0.4 is 29.2 Å². The van der Waals surface area contributed by atoms with E-state index in [2.05, 4.69) is 27.9 Å². The molecule has 3 aromatic carbocycles. The first-order chi connectivity index (χ1) is 19.4. The van der Waals surface area contributed by atoms with E-state index in [0.29, 0.717) is 55.0 Å². The van der Waals surface area contributed by atoms with Crippen molar-refractivity contribution in [2.45, 2.75) is 27.4 Å². The van der Waals surface area contributed by atoms with Gasteiger partial charge in [0.25, 0.3) is 11.8 Å². The third-order valence-corrected chi connectivity index (χ3v) is 6.55. The maximum absolute atomic E-state index is 13.6. The van der Waals surface area contributed by atoms with Crippen LogP contribution in [0.3, 0.4) is 0 Å². The van der Waals surface area contributed by atoms with Gasteiger partial charge in [0.1, 0.15) is 23.7 Å². The molecule has 40 heavy (non-hydrogen) atoms. The molecular weight excluding hydrogens is 627 g/mol. The lowest BCUT2D eigenvalue weighted by Gasteiger charge is -2.28. The third kappa shape index (κ3) is 6.56. The largest absolute Gasteiger partial charge is 0.494 e. The normalized spacial score (nSPS) is 14.2. The van der Waals surface area contributed by atoms with Gasteiger partial charge >= 0.3 is 6.03 Å². The zero-order valence-electron chi connectivity index (χ0n) is 22.4. The number of halogens is 1. The molecule has 0 unspecified atom stereocenters. The van der Waals surface area contributed by atoms with E-state index in [-0.39, 0.29) is 11.3 Å². The van der Waals surface area contributed by atoms with Crippen molar-refractivity contribution in [3.05, 3.63) is 80.9 Å². The molecule has 0 radical (unpaired) electrons. The van der Waals surface area contributed by atoms with Crippen molar-refractivity contribution in [2.24, 2.45) is 0 Å². The first kappa shape index (κ1) is 28.9. The predicted octanol–water partition coefficient (Wildman–Crippen LogP) is 5.73. The summed E-state index contributed by atoms with van der Waals surface area (Å²) in [7, 11) is 0. The number of urea groups is 1. The minimum Gasteiger partial charge on any atom is -0.494 e. The summed E-state index contributed by atoms with van der Waals surface area (Å²) in [4.78, 5) is 40.2. The van der Waals surface area contributed by atoms with Gasteiger partial charge < -0.3 is 18.9 Å². The fourth-order valence-corrected chi connectivity index (χ4v) is 4.83. The van der Waals surface area contributed by atoms with Crippen molar-refractivity contribution < 1.29 is 33.3 Å². The van der Waals surface area contributed by atoms with Crippen LogP contribution in [0, 0.1) is 3.57 Å². The Kier molecular flexibility index (Phi) is 9.65. The van der Waals surface area contributed by atoms with Crippen LogP contribution in [0.5, 0.6) is 23.0 Å². The molecule has 0 atom stereocenters. The summed E-state index contributed by atoms with van der Waals surface area (Å²) < 4.78 is 23.9. The van der Waals surface area contributed by atoms with Crippen molar-refractivity contribution in [1.29, 1.82) is 0 Å². The standard InChI is InChI=1S/C30H29IN2O7/c1-4-37-21-12-13-25(38-5-2)24(17-21)33-29(35)22(28(34)32-30(33)36)14-20-15-23(31)27(26(16-20)39-6-3)40-18-19-10-8-7-9-11-19/h7-17H,4-6,18H2,1-3H3,(H,32,34,36)/b22-14+. The summed E-state index contributed by atoms with van der Waals surface area (Å²) in [6.45, 7) is 6.90. The van der Waals surface area contributed by atoms with Gasteiger partial charge in [0, 0.05) is 6.07 Å². The molecule has 0 saturated carbocycles. The fraction of sp³-hybridized carbons (Fsp3) is 0.233. The summed E-state index contributed by atoms with van der Waals surface area (Å²) in [5.74, 6) is 0.182. The zero-order valence-corrected chi connectivity index (χ0v) is 24.5.